The third-order valence-corrected chi connectivity index (χ3v) is 6.66. The highest BCUT2D eigenvalue weighted by atomic mass is 35.5. The summed E-state index contributed by atoms with van der Waals surface area (Å²) in [5.41, 5.74) is 1.99. The van der Waals surface area contributed by atoms with Crippen LogP contribution in [0.3, 0.4) is 0 Å². The predicted molar refractivity (Wildman–Crippen MR) is 124 cm³/mol. The number of aromatic nitrogens is 3. The number of rotatable bonds is 5. The maximum Gasteiger partial charge on any atom is 0.159 e. The number of nitrogens with zero attached hydrogens (tertiary/aromatic N) is 6. The van der Waals surface area contributed by atoms with Gasteiger partial charge >= 0.3 is 0 Å². The summed E-state index contributed by atoms with van der Waals surface area (Å²) < 4.78 is 7.85. The number of likely N-dealkylation sites (N-methyl/N-ethyl adjacent to an activating group) is 1. The van der Waals surface area contributed by atoms with Crippen molar-refractivity contribution in [2.24, 2.45) is 0 Å². The summed E-state index contributed by atoms with van der Waals surface area (Å²) in [6, 6.07) is 10.2. The lowest BCUT2D eigenvalue weighted by Gasteiger charge is -2.38. The molecule has 4 heterocycles. The number of morpholine rings is 1. The van der Waals surface area contributed by atoms with Gasteiger partial charge in [-0.3, -0.25) is 4.98 Å². The Morgan fingerprint density at radius 2 is 1.87 bits per heavy atom. The number of hydrogen-bond acceptors (Lipinski definition) is 6. The predicted octanol–water partition coefficient (Wildman–Crippen LogP) is 2.92. The highest BCUT2D eigenvalue weighted by molar-refractivity contribution is 6.30. The highest BCUT2D eigenvalue weighted by Crippen LogP contribution is 2.31. The molecule has 0 saturated carbocycles. The molecule has 2 saturated heterocycles. The molecule has 0 amide bonds. The zero-order chi connectivity index (χ0) is 21.2. The summed E-state index contributed by atoms with van der Waals surface area (Å²) in [5, 5.41) is 6.89. The van der Waals surface area contributed by atoms with Gasteiger partial charge in [-0.1, -0.05) is 11.6 Å². The van der Waals surface area contributed by atoms with Crippen LogP contribution in [0.1, 0.15) is 6.42 Å². The van der Waals surface area contributed by atoms with E-state index in [-0.39, 0.29) is 0 Å². The van der Waals surface area contributed by atoms with Gasteiger partial charge in [0, 0.05) is 55.9 Å². The second-order valence-corrected chi connectivity index (χ2v) is 8.90. The molecule has 8 heteroatoms. The lowest BCUT2D eigenvalue weighted by atomic mass is 10.1. The molecule has 2 aromatic heterocycles. The number of ether oxygens (including phenoxy) is 1. The van der Waals surface area contributed by atoms with Crippen molar-refractivity contribution in [2.45, 2.75) is 12.5 Å². The fraction of sp³-hybridized carbons (Fsp3) is 0.478. The average molecular weight is 441 g/mol. The number of halogens is 1. The van der Waals surface area contributed by atoms with E-state index in [9.17, 15) is 0 Å². The van der Waals surface area contributed by atoms with Gasteiger partial charge in [-0.2, -0.15) is 0 Å². The first-order chi connectivity index (χ1) is 15.2. The van der Waals surface area contributed by atoms with Crippen LogP contribution in [-0.4, -0.2) is 90.1 Å². The van der Waals surface area contributed by atoms with Crippen molar-refractivity contribution in [3.63, 3.8) is 0 Å². The molecule has 1 aromatic carbocycles. The highest BCUT2D eigenvalue weighted by Gasteiger charge is 2.28. The molecule has 2 aliphatic heterocycles. The van der Waals surface area contributed by atoms with Crippen molar-refractivity contribution in [1.82, 2.24) is 24.6 Å². The summed E-state index contributed by atoms with van der Waals surface area (Å²) in [6.45, 7) is 7.99. The molecular formula is C23H29ClN6O. The Hall–Kier alpha value is -2.19. The standard InChI is InChI=1S/C23H29ClN6O/c1-27-10-12-28(13-11-27)9-7-20-17-31-15-14-29(20)23-21-6-8-25-16-22(21)30(26-23)19-4-2-18(24)3-5-19/h2-6,8,16,20H,7,9-15,17H2,1H3. The summed E-state index contributed by atoms with van der Waals surface area (Å²) in [7, 11) is 2.20. The van der Waals surface area contributed by atoms with Crippen LogP contribution in [0.2, 0.25) is 5.02 Å². The van der Waals surface area contributed by atoms with Crippen molar-refractivity contribution < 1.29 is 4.74 Å². The van der Waals surface area contributed by atoms with Crippen LogP contribution in [0, 0.1) is 0 Å². The van der Waals surface area contributed by atoms with Gasteiger partial charge in [0.25, 0.3) is 0 Å². The molecule has 5 rings (SSSR count). The van der Waals surface area contributed by atoms with Crippen LogP contribution in [0.4, 0.5) is 5.82 Å². The fourth-order valence-corrected chi connectivity index (χ4v) is 4.64. The average Bonchev–Trinajstić information content (AvgIpc) is 3.19. The number of piperazine rings is 1. The number of hydrogen-bond donors (Lipinski definition) is 0. The summed E-state index contributed by atoms with van der Waals surface area (Å²) in [6.07, 6.45) is 4.81. The van der Waals surface area contributed by atoms with E-state index < -0.39 is 0 Å². The van der Waals surface area contributed by atoms with Gasteiger partial charge in [-0.25, -0.2) is 4.68 Å². The molecule has 2 aliphatic rings. The maximum absolute atomic E-state index is 6.10. The molecule has 0 spiro atoms. The molecule has 0 N–H and O–H groups in total. The zero-order valence-electron chi connectivity index (χ0n) is 18.0. The molecule has 164 valence electrons. The quantitative estimate of drug-likeness (QED) is 0.608. The van der Waals surface area contributed by atoms with Crippen LogP contribution in [0.25, 0.3) is 16.6 Å². The topological polar surface area (TPSA) is 49.7 Å². The first-order valence-corrected chi connectivity index (χ1v) is 11.4. The molecule has 31 heavy (non-hydrogen) atoms. The smallest absolute Gasteiger partial charge is 0.159 e. The van der Waals surface area contributed by atoms with Crippen LogP contribution in [-0.2, 0) is 4.74 Å². The Bertz CT molecular complexity index is 1010. The van der Waals surface area contributed by atoms with Crippen molar-refractivity contribution in [3.05, 3.63) is 47.7 Å². The van der Waals surface area contributed by atoms with Crippen molar-refractivity contribution in [3.8, 4) is 5.69 Å². The first-order valence-electron chi connectivity index (χ1n) is 11.0. The first kappa shape index (κ1) is 20.7. The van der Waals surface area contributed by atoms with Crippen molar-refractivity contribution in [2.75, 3.05) is 64.4 Å². The van der Waals surface area contributed by atoms with Crippen LogP contribution in [0.15, 0.2) is 42.7 Å². The number of pyridine rings is 1. The van der Waals surface area contributed by atoms with Gasteiger partial charge in [-0.15, -0.1) is 5.10 Å². The monoisotopic (exact) mass is 440 g/mol. The van der Waals surface area contributed by atoms with E-state index in [4.69, 9.17) is 21.4 Å². The molecule has 0 bridgehead atoms. The largest absolute Gasteiger partial charge is 0.377 e. The van der Waals surface area contributed by atoms with E-state index in [0.717, 1.165) is 86.3 Å². The Kier molecular flexibility index (Phi) is 6.09. The second kappa shape index (κ2) is 9.12. The fourth-order valence-electron chi connectivity index (χ4n) is 4.51. The zero-order valence-corrected chi connectivity index (χ0v) is 18.7. The SMILES string of the molecule is CN1CCN(CCC2COCCN2c2nn(-c3ccc(Cl)cc3)c3cnccc23)CC1. The van der Waals surface area contributed by atoms with Gasteiger partial charge < -0.3 is 19.4 Å². The van der Waals surface area contributed by atoms with Crippen molar-refractivity contribution >= 4 is 28.3 Å². The minimum atomic E-state index is 0.318. The maximum atomic E-state index is 6.10. The van der Waals surface area contributed by atoms with Crippen LogP contribution < -0.4 is 4.90 Å². The van der Waals surface area contributed by atoms with Gasteiger partial charge in [0.2, 0.25) is 0 Å². The van der Waals surface area contributed by atoms with Crippen LogP contribution >= 0.6 is 11.6 Å². The molecule has 2 fully saturated rings. The summed E-state index contributed by atoms with van der Waals surface area (Å²) in [5.74, 6) is 1.01. The van der Waals surface area contributed by atoms with Gasteiger partial charge in [0.15, 0.2) is 5.82 Å². The molecule has 1 atom stereocenters. The van der Waals surface area contributed by atoms with E-state index in [0.29, 0.717) is 6.04 Å². The Morgan fingerprint density at radius 1 is 1.06 bits per heavy atom. The number of fused-ring (bicyclic) bond motifs is 1. The van der Waals surface area contributed by atoms with E-state index in [1.165, 1.54) is 0 Å². The second-order valence-electron chi connectivity index (χ2n) is 8.46. The molecular weight excluding hydrogens is 412 g/mol. The van der Waals surface area contributed by atoms with Gasteiger partial charge in [0.1, 0.15) is 0 Å². The van der Waals surface area contributed by atoms with Gasteiger partial charge in [-0.05, 0) is 43.8 Å². The molecule has 7 nitrogen and oxygen atoms in total. The summed E-state index contributed by atoms with van der Waals surface area (Å²) in [4.78, 5) is 11.8. The molecule has 0 aliphatic carbocycles. The Balaban J connectivity index is 1.42. The third-order valence-electron chi connectivity index (χ3n) is 6.41. The Labute approximate surface area is 188 Å². The summed E-state index contributed by atoms with van der Waals surface area (Å²) >= 11 is 6.10. The van der Waals surface area contributed by atoms with E-state index in [1.54, 1.807) is 0 Å². The van der Waals surface area contributed by atoms with E-state index in [2.05, 4.69) is 32.8 Å². The van der Waals surface area contributed by atoms with Gasteiger partial charge in [0.05, 0.1) is 36.7 Å². The minimum Gasteiger partial charge on any atom is -0.377 e. The number of benzene rings is 1. The Morgan fingerprint density at radius 3 is 2.68 bits per heavy atom. The molecule has 1 unspecified atom stereocenters. The van der Waals surface area contributed by atoms with Crippen molar-refractivity contribution in [1.29, 1.82) is 0 Å². The van der Waals surface area contributed by atoms with Crippen LogP contribution in [0.5, 0.6) is 0 Å². The lowest BCUT2D eigenvalue weighted by molar-refractivity contribution is 0.0824. The molecule has 0 radical (unpaired) electrons. The normalized spacial score (nSPS) is 21.1. The number of anilines is 1. The van der Waals surface area contributed by atoms with E-state index >= 15 is 0 Å². The van der Waals surface area contributed by atoms with E-state index in [1.807, 2.05) is 41.3 Å². The molecule has 3 aromatic rings. The third kappa shape index (κ3) is 4.41. The minimum absolute atomic E-state index is 0.318. The lowest BCUT2D eigenvalue weighted by Crippen LogP contribution is -2.49.